The molecule has 0 saturated heterocycles. The van der Waals surface area contributed by atoms with E-state index in [2.05, 4.69) is 35.2 Å². The van der Waals surface area contributed by atoms with Gasteiger partial charge in [-0.05, 0) is 30.2 Å². The second-order valence-corrected chi connectivity index (χ2v) is 6.34. The first-order chi connectivity index (χ1) is 9.61. The van der Waals surface area contributed by atoms with Gasteiger partial charge in [0.1, 0.15) is 0 Å². The second kappa shape index (κ2) is 6.95. The van der Waals surface area contributed by atoms with Gasteiger partial charge in [-0.1, -0.05) is 43.3 Å². The Balaban J connectivity index is 2.32. The molecule has 0 unspecified atom stereocenters. The predicted molar refractivity (Wildman–Crippen MR) is 86.2 cm³/mol. The molecule has 0 N–H and O–H groups in total. The Kier molecular flexibility index (Phi) is 5.26. The molecule has 106 valence electrons. The molecule has 2 rings (SSSR count). The summed E-state index contributed by atoms with van der Waals surface area (Å²) in [5.41, 5.74) is 1.01. The Bertz CT molecular complexity index is 575. The van der Waals surface area contributed by atoms with Crippen molar-refractivity contribution in [1.82, 2.24) is 14.8 Å². The van der Waals surface area contributed by atoms with E-state index in [0.29, 0.717) is 12.5 Å². The molecule has 0 bridgehead atoms. The van der Waals surface area contributed by atoms with E-state index >= 15 is 0 Å². The highest BCUT2D eigenvalue weighted by Gasteiger charge is 2.13. The summed E-state index contributed by atoms with van der Waals surface area (Å²) in [6.07, 6.45) is 1.86. The molecule has 2 aromatic rings. The number of hydrogen-bond acceptors (Lipinski definition) is 3. The number of allylic oxidation sites excluding steroid dienone is 1. The minimum atomic E-state index is 0.618. The van der Waals surface area contributed by atoms with Gasteiger partial charge in [0, 0.05) is 22.9 Å². The molecular weight excluding hydrogens is 290 g/mol. The zero-order valence-corrected chi connectivity index (χ0v) is 13.3. The molecule has 1 heterocycles. The van der Waals surface area contributed by atoms with E-state index in [1.54, 1.807) is 11.8 Å². The summed E-state index contributed by atoms with van der Waals surface area (Å²) in [5, 5.41) is 10.3. The predicted octanol–water partition coefficient (Wildman–Crippen LogP) is 4.53. The molecule has 0 aliphatic rings. The quantitative estimate of drug-likeness (QED) is 0.580. The molecule has 1 aromatic heterocycles. The Morgan fingerprint density at radius 2 is 2.00 bits per heavy atom. The summed E-state index contributed by atoms with van der Waals surface area (Å²) in [7, 11) is 0. The van der Waals surface area contributed by atoms with Gasteiger partial charge in [0.05, 0.1) is 0 Å². The van der Waals surface area contributed by atoms with Crippen LogP contribution in [-0.2, 0) is 6.54 Å². The van der Waals surface area contributed by atoms with Crippen LogP contribution in [0.4, 0.5) is 0 Å². The molecule has 0 atom stereocenters. The van der Waals surface area contributed by atoms with Crippen LogP contribution in [0.25, 0.3) is 11.4 Å². The Hall–Kier alpha value is -1.26. The number of rotatable bonds is 6. The van der Waals surface area contributed by atoms with E-state index in [-0.39, 0.29) is 0 Å². The van der Waals surface area contributed by atoms with Crippen molar-refractivity contribution in [2.45, 2.75) is 25.5 Å². The zero-order chi connectivity index (χ0) is 14.5. The molecule has 0 spiro atoms. The molecule has 0 radical (unpaired) electrons. The average molecular weight is 308 g/mol. The Morgan fingerprint density at radius 1 is 1.30 bits per heavy atom. The third-order valence-electron chi connectivity index (χ3n) is 2.68. The van der Waals surface area contributed by atoms with Crippen molar-refractivity contribution in [1.29, 1.82) is 0 Å². The fraction of sp³-hybridized carbons (Fsp3) is 0.333. The van der Waals surface area contributed by atoms with Crippen LogP contribution in [0.15, 0.2) is 42.1 Å². The minimum absolute atomic E-state index is 0.618. The summed E-state index contributed by atoms with van der Waals surface area (Å²) in [6, 6.07) is 7.65. The number of hydrogen-bond donors (Lipinski definition) is 0. The molecule has 0 aliphatic carbocycles. The fourth-order valence-electron chi connectivity index (χ4n) is 1.74. The number of halogens is 1. The average Bonchev–Trinajstić information content (AvgIpc) is 2.81. The highest BCUT2D eigenvalue weighted by molar-refractivity contribution is 7.99. The van der Waals surface area contributed by atoms with Crippen molar-refractivity contribution in [3.05, 3.63) is 41.9 Å². The fourth-order valence-corrected chi connectivity index (χ4v) is 2.77. The van der Waals surface area contributed by atoms with Crippen molar-refractivity contribution in [2.75, 3.05) is 5.75 Å². The smallest absolute Gasteiger partial charge is 0.191 e. The first-order valence-corrected chi connectivity index (χ1v) is 7.91. The van der Waals surface area contributed by atoms with Gasteiger partial charge in [-0.15, -0.1) is 16.8 Å². The molecule has 0 fully saturated rings. The van der Waals surface area contributed by atoms with Crippen LogP contribution >= 0.6 is 23.4 Å². The zero-order valence-electron chi connectivity index (χ0n) is 11.7. The lowest BCUT2D eigenvalue weighted by atomic mass is 10.2. The van der Waals surface area contributed by atoms with E-state index in [1.165, 1.54) is 0 Å². The lowest BCUT2D eigenvalue weighted by Crippen LogP contribution is -2.02. The van der Waals surface area contributed by atoms with E-state index in [0.717, 1.165) is 27.3 Å². The number of thioether (sulfide) groups is 1. The third-order valence-corrected chi connectivity index (χ3v) is 4.32. The maximum Gasteiger partial charge on any atom is 0.191 e. The van der Waals surface area contributed by atoms with Crippen LogP contribution in [0.5, 0.6) is 0 Å². The summed E-state index contributed by atoms with van der Waals surface area (Å²) >= 11 is 7.66. The van der Waals surface area contributed by atoms with Crippen LogP contribution in [0, 0.1) is 5.92 Å². The largest absolute Gasteiger partial charge is 0.298 e. The molecule has 5 heteroatoms. The summed E-state index contributed by atoms with van der Waals surface area (Å²) in [5.74, 6) is 2.50. The first kappa shape index (κ1) is 15.1. The van der Waals surface area contributed by atoms with Crippen LogP contribution in [0.2, 0.25) is 5.02 Å². The van der Waals surface area contributed by atoms with Crippen LogP contribution in [0.3, 0.4) is 0 Å². The topological polar surface area (TPSA) is 30.7 Å². The Morgan fingerprint density at radius 3 is 2.60 bits per heavy atom. The molecule has 20 heavy (non-hydrogen) atoms. The standard InChI is InChI=1S/C15H18ClN3S/c1-4-9-19-14(12-5-7-13(16)8-6-12)17-18-15(19)20-10-11(2)3/h4-8,11H,1,9-10H2,2-3H3. The Labute approximate surface area is 129 Å². The van der Waals surface area contributed by atoms with Gasteiger partial charge in [0.25, 0.3) is 0 Å². The van der Waals surface area contributed by atoms with E-state index in [1.807, 2.05) is 30.3 Å². The second-order valence-electron chi connectivity index (χ2n) is 4.92. The first-order valence-electron chi connectivity index (χ1n) is 6.54. The van der Waals surface area contributed by atoms with Gasteiger partial charge in [-0.25, -0.2) is 0 Å². The third kappa shape index (κ3) is 3.64. The summed E-state index contributed by atoms with van der Waals surface area (Å²) in [4.78, 5) is 0. The van der Waals surface area contributed by atoms with E-state index < -0.39 is 0 Å². The van der Waals surface area contributed by atoms with Crippen molar-refractivity contribution in [3.8, 4) is 11.4 Å². The van der Waals surface area contributed by atoms with Crippen molar-refractivity contribution < 1.29 is 0 Å². The molecule has 0 aliphatic heterocycles. The van der Waals surface area contributed by atoms with Crippen LogP contribution < -0.4 is 0 Å². The molecule has 1 aromatic carbocycles. The van der Waals surface area contributed by atoms with Crippen LogP contribution in [0.1, 0.15) is 13.8 Å². The lowest BCUT2D eigenvalue weighted by molar-refractivity contribution is 0.716. The van der Waals surface area contributed by atoms with Gasteiger partial charge in [-0.2, -0.15) is 0 Å². The normalized spacial score (nSPS) is 11.0. The maximum atomic E-state index is 5.93. The maximum absolute atomic E-state index is 5.93. The number of aromatic nitrogens is 3. The molecule has 0 amide bonds. The summed E-state index contributed by atoms with van der Waals surface area (Å²) in [6.45, 7) is 8.91. The van der Waals surface area contributed by atoms with Gasteiger partial charge in [0.15, 0.2) is 11.0 Å². The van der Waals surface area contributed by atoms with Gasteiger partial charge < -0.3 is 0 Å². The van der Waals surface area contributed by atoms with Crippen molar-refractivity contribution in [2.24, 2.45) is 5.92 Å². The van der Waals surface area contributed by atoms with Gasteiger partial charge in [-0.3, -0.25) is 4.57 Å². The summed E-state index contributed by atoms with van der Waals surface area (Å²) < 4.78 is 2.09. The molecule has 0 saturated carbocycles. The monoisotopic (exact) mass is 307 g/mol. The molecular formula is C15H18ClN3S. The number of nitrogens with zero attached hydrogens (tertiary/aromatic N) is 3. The van der Waals surface area contributed by atoms with Crippen molar-refractivity contribution >= 4 is 23.4 Å². The highest BCUT2D eigenvalue weighted by atomic mass is 35.5. The van der Waals surface area contributed by atoms with Gasteiger partial charge >= 0.3 is 0 Å². The van der Waals surface area contributed by atoms with E-state index in [4.69, 9.17) is 11.6 Å². The number of benzene rings is 1. The van der Waals surface area contributed by atoms with Gasteiger partial charge in [0.2, 0.25) is 0 Å². The minimum Gasteiger partial charge on any atom is -0.298 e. The van der Waals surface area contributed by atoms with Crippen molar-refractivity contribution in [3.63, 3.8) is 0 Å². The SMILES string of the molecule is C=CCn1c(SCC(C)C)nnc1-c1ccc(Cl)cc1. The lowest BCUT2D eigenvalue weighted by Gasteiger charge is -2.08. The highest BCUT2D eigenvalue weighted by Crippen LogP contribution is 2.26. The van der Waals surface area contributed by atoms with E-state index in [9.17, 15) is 0 Å². The molecule has 3 nitrogen and oxygen atoms in total. The van der Waals surface area contributed by atoms with Crippen LogP contribution in [-0.4, -0.2) is 20.5 Å².